The van der Waals surface area contributed by atoms with Crippen molar-refractivity contribution in [1.82, 2.24) is 15.2 Å². The van der Waals surface area contributed by atoms with E-state index in [1.165, 1.54) is 11.1 Å². The standard InChI is InChI=1S/C18H18ClN5O/c1-11-6-12(2)8-14(7-11)21-17-10-20-24-18(23-17)22-15-9-13(19)4-5-16(15)25-3/h4-10H,1-3H3,(H2,21,22,23,24). The Morgan fingerprint density at radius 3 is 2.48 bits per heavy atom. The Hall–Kier alpha value is -2.86. The first-order valence-corrected chi connectivity index (χ1v) is 8.07. The molecule has 0 radical (unpaired) electrons. The van der Waals surface area contributed by atoms with Gasteiger partial charge in [-0.05, 0) is 55.3 Å². The third-order valence-electron chi connectivity index (χ3n) is 3.46. The molecule has 0 saturated heterocycles. The second-order valence-corrected chi connectivity index (χ2v) is 6.07. The molecule has 1 heterocycles. The lowest BCUT2D eigenvalue weighted by Gasteiger charge is -2.11. The zero-order chi connectivity index (χ0) is 17.8. The SMILES string of the molecule is COc1ccc(Cl)cc1Nc1nncc(Nc2cc(C)cc(C)c2)n1. The van der Waals surface area contributed by atoms with Crippen molar-refractivity contribution >= 4 is 34.7 Å². The van der Waals surface area contributed by atoms with Gasteiger partial charge in [0.1, 0.15) is 5.75 Å². The van der Waals surface area contributed by atoms with Crippen molar-refractivity contribution in [1.29, 1.82) is 0 Å². The molecule has 0 atom stereocenters. The van der Waals surface area contributed by atoms with Gasteiger partial charge in [-0.1, -0.05) is 17.7 Å². The molecule has 0 aliphatic rings. The van der Waals surface area contributed by atoms with Crippen LogP contribution in [-0.2, 0) is 0 Å². The normalized spacial score (nSPS) is 10.4. The topological polar surface area (TPSA) is 72.0 Å². The molecule has 128 valence electrons. The van der Waals surface area contributed by atoms with Crippen molar-refractivity contribution in [3.63, 3.8) is 0 Å². The number of anilines is 4. The second-order valence-electron chi connectivity index (χ2n) is 5.64. The number of hydrogen-bond acceptors (Lipinski definition) is 6. The third kappa shape index (κ3) is 4.36. The molecule has 1 aromatic heterocycles. The van der Waals surface area contributed by atoms with Crippen molar-refractivity contribution in [2.75, 3.05) is 17.7 Å². The van der Waals surface area contributed by atoms with Crippen LogP contribution in [0.4, 0.5) is 23.1 Å². The van der Waals surface area contributed by atoms with Gasteiger partial charge in [0.15, 0.2) is 5.82 Å². The average Bonchev–Trinajstić information content (AvgIpc) is 2.54. The molecular formula is C18H18ClN5O. The highest BCUT2D eigenvalue weighted by atomic mass is 35.5. The number of halogens is 1. The van der Waals surface area contributed by atoms with Gasteiger partial charge in [-0.2, -0.15) is 10.1 Å². The number of aromatic nitrogens is 3. The van der Waals surface area contributed by atoms with Gasteiger partial charge in [0.2, 0.25) is 5.95 Å². The summed E-state index contributed by atoms with van der Waals surface area (Å²) < 4.78 is 5.31. The molecule has 3 aromatic rings. The van der Waals surface area contributed by atoms with Gasteiger partial charge in [-0.3, -0.25) is 0 Å². The predicted octanol–water partition coefficient (Wildman–Crippen LogP) is 4.64. The molecule has 3 rings (SSSR count). The summed E-state index contributed by atoms with van der Waals surface area (Å²) in [5.74, 6) is 1.57. The van der Waals surface area contributed by atoms with Gasteiger partial charge in [0, 0.05) is 10.7 Å². The molecule has 0 unspecified atom stereocenters. The highest BCUT2D eigenvalue weighted by molar-refractivity contribution is 6.31. The molecule has 0 fully saturated rings. The maximum absolute atomic E-state index is 6.04. The molecule has 0 spiro atoms. The highest BCUT2D eigenvalue weighted by Gasteiger charge is 2.08. The van der Waals surface area contributed by atoms with Gasteiger partial charge < -0.3 is 15.4 Å². The van der Waals surface area contributed by atoms with E-state index in [0.717, 1.165) is 5.69 Å². The van der Waals surface area contributed by atoms with E-state index in [1.54, 1.807) is 31.5 Å². The van der Waals surface area contributed by atoms with E-state index in [9.17, 15) is 0 Å². The monoisotopic (exact) mass is 355 g/mol. The molecule has 0 bridgehead atoms. The fourth-order valence-electron chi connectivity index (χ4n) is 2.51. The Morgan fingerprint density at radius 1 is 1.00 bits per heavy atom. The van der Waals surface area contributed by atoms with Crippen LogP contribution in [-0.4, -0.2) is 22.3 Å². The smallest absolute Gasteiger partial charge is 0.249 e. The van der Waals surface area contributed by atoms with E-state index in [-0.39, 0.29) is 0 Å². The first-order chi connectivity index (χ1) is 12.0. The zero-order valence-electron chi connectivity index (χ0n) is 14.2. The fourth-order valence-corrected chi connectivity index (χ4v) is 2.68. The summed E-state index contributed by atoms with van der Waals surface area (Å²) in [4.78, 5) is 4.43. The van der Waals surface area contributed by atoms with E-state index in [4.69, 9.17) is 16.3 Å². The number of hydrogen-bond donors (Lipinski definition) is 2. The summed E-state index contributed by atoms with van der Waals surface area (Å²) in [7, 11) is 1.59. The Bertz CT molecular complexity index is 880. The molecule has 0 aliphatic carbocycles. The first-order valence-electron chi connectivity index (χ1n) is 7.69. The minimum Gasteiger partial charge on any atom is -0.495 e. The molecule has 25 heavy (non-hydrogen) atoms. The summed E-state index contributed by atoms with van der Waals surface area (Å²) in [5, 5.41) is 14.9. The number of ether oxygens (including phenoxy) is 1. The Morgan fingerprint density at radius 2 is 1.76 bits per heavy atom. The molecule has 0 amide bonds. The molecular weight excluding hydrogens is 338 g/mol. The van der Waals surface area contributed by atoms with E-state index < -0.39 is 0 Å². The number of rotatable bonds is 5. The van der Waals surface area contributed by atoms with Gasteiger partial charge in [0.25, 0.3) is 0 Å². The summed E-state index contributed by atoms with van der Waals surface area (Å²) in [6.07, 6.45) is 1.57. The fraction of sp³-hybridized carbons (Fsp3) is 0.167. The Labute approximate surface area is 151 Å². The largest absolute Gasteiger partial charge is 0.495 e. The molecule has 0 saturated carbocycles. The summed E-state index contributed by atoms with van der Waals surface area (Å²) in [5.41, 5.74) is 3.96. The molecule has 6 nitrogen and oxygen atoms in total. The van der Waals surface area contributed by atoms with Crippen LogP contribution in [0.25, 0.3) is 0 Å². The van der Waals surface area contributed by atoms with Gasteiger partial charge >= 0.3 is 0 Å². The van der Waals surface area contributed by atoms with Crippen molar-refractivity contribution < 1.29 is 4.74 Å². The zero-order valence-corrected chi connectivity index (χ0v) is 14.9. The quantitative estimate of drug-likeness (QED) is 0.694. The maximum Gasteiger partial charge on any atom is 0.249 e. The van der Waals surface area contributed by atoms with E-state index >= 15 is 0 Å². The molecule has 0 aliphatic heterocycles. The molecule has 2 N–H and O–H groups in total. The summed E-state index contributed by atoms with van der Waals surface area (Å²) >= 11 is 6.04. The minimum absolute atomic E-state index is 0.343. The van der Waals surface area contributed by atoms with Crippen molar-refractivity contribution in [2.45, 2.75) is 13.8 Å². The molecule has 7 heteroatoms. The van der Waals surface area contributed by atoms with Gasteiger partial charge in [-0.15, -0.1) is 5.10 Å². The van der Waals surface area contributed by atoms with E-state index in [2.05, 4.69) is 45.7 Å². The maximum atomic E-state index is 6.04. The van der Waals surface area contributed by atoms with Crippen LogP contribution in [0.5, 0.6) is 5.75 Å². The number of aryl methyl sites for hydroxylation is 2. The average molecular weight is 356 g/mol. The third-order valence-corrected chi connectivity index (χ3v) is 3.70. The van der Waals surface area contributed by atoms with Crippen LogP contribution in [0.3, 0.4) is 0 Å². The van der Waals surface area contributed by atoms with Crippen LogP contribution in [0.1, 0.15) is 11.1 Å². The van der Waals surface area contributed by atoms with E-state index in [0.29, 0.717) is 28.2 Å². The molecule has 2 aromatic carbocycles. The predicted molar refractivity (Wildman–Crippen MR) is 100 cm³/mol. The van der Waals surface area contributed by atoms with Gasteiger partial charge in [0.05, 0.1) is 19.0 Å². The summed E-state index contributed by atoms with van der Waals surface area (Å²) in [6.45, 7) is 4.10. The van der Waals surface area contributed by atoms with Crippen LogP contribution in [0.2, 0.25) is 5.02 Å². The van der Waals surface area contributed by atoms with Crippen molar-refractivity contribution in [2.24, 2.45) is 0 Å². The number of nitrogens with one attached hydrogen (secondary N) is 2. The Kier molecular flexibility index (Phi) is 5.00. The Balaban J connectivity index is 1.83. The number of nitrogens with zero attached hydrogens (tertiary/aromatic N) is 3. The van der Waals surface area contributed by atoms with Crippen LogP contribution < -0.4 is 15.4 Å². The highest BCUT2D eigenvalue weighted by Crippen LogP contribution is 2.29. The van der Waals surface area contributed by atoms with Crippen LogP contribution in [0, 0.1) is 13.8 Å². The minimum atomic E-state index is 0.343. The lowest BCUT2D eigenvalue weighted by molar-refractivity contribution is 0.417. The van der Waals surface area contributed by atoms with Crippen molar-refractivity contribution in [3.8, 4) is 5.75 Å². The van der Waals surface area contributed by atoms with Gasteiger partial charge in [-0.25, -0.2) is 0 Å². The lowest BCUT2D eigenvalue weighted by Crippen LogP contribution is -2.03. The summed E-state index contributed by atoms with van der Waals surface area (Å²) in [6, 6.07) is 11.5. The number of benzene rings is 2. The lowest BCUT2D eigenvalue weighted by atomic mass is 10.1. The second kappa shape index (κ2) is 7.36. The van der Waals surface area contributed by atoms with E-state index in [1.807, 2.05) is 12.1 Å². The number of methoxy groups -OCH3 is 1. The van der Waals surface area contributed by atoms with Crippen LogP contribution >= 0.6 is 11.6 Å². The van der Waals surface area contributed by atoms with Crippen molar-refractivity contribution in [3.05, 3.63) is 58.7 Å². The first kappa shape index (κ1) is 17.0. The van der Waals surface area contributed by atoms with Crippen LogP contribution in [0.15, 0.2) is 42.6 Å².